The fourth-order valence-electron chi connectivity index (χ4n) is 2.97. The standard InChI is InChI=1S/C15H19N5O2/c16-8-13-9-18-14(10-17-13)20-3-1-2-12(11-20)15(21)19-4-6-22-7-5-19/h9-10,12H,1-7,11H2. The highest BCUT2D eigenvalue weighted by molar-refractivity contribution is 5.79. The molecular formula is C15H19N5O2. The Balaban J connectivity index is 1.65. The van der Waals surface area contributed by atoms with E-state index in [0.29, 0.717) is 38.5 Å². The monoisotopic (exact) mass is 301 g/mol. The number of anilines is 1. The molecule has 22 heavy (non-hydrogen) atoms. The van der Waals surface area contributed by atoms with Crippen molar-refractivity contribution in [3.63, 3.8) is 0 Å². The predicted octanol–water partition coefficient (Wildman–Crippen LogP) is 0.423. The average molecular weight is 301 g/mol. The van der Waals surface area contributed by atoms with E-state index in [1.54, 1.807) is 6.20 Å². The van der Waals surface area contributed by atoms with Crippen LogP contribution >= 0.6 is 0 Å². The molecule has 1 amide bonds. The first-order valence-corrected chi connectivity index (χ1v) is 7.61. The second kappa shape index (κ2) is 6.71. The van der Waals surface area contributed by atoms with Crippen molar-refractivity contribution in [3.05, 3.63) is 18.1 Å². The van der Waals surface area contributed by atoms with E-state index in [2.05, 4.69) is 14.9 Å². The predicted molar refractivity (Wildman–Crippen MR) is 79.1 cm³/mol. The molecule has 2 aliphatic rings. The lowest BCUT2D eigenvalue weighted by molar-refractivity contribution is -0.139. The van der Waals surface area contributed by atoms with E-state index in [-0.39, 0.29) is 11.8 Å². The lowest BCUT2D eigenvalue weighted by Crippen LogP contribution is -2.48. The van der Waals surface area contributed by atoms with E-state index in [1.165, 1.54) is 6.20 Å². The van der Waals surface area contributed by atoms with Gasteiger partial charge < -0.3 is 14.5 Å². The number of nitrogens with zero attached hydrogens (tertiary/aromatic N) is 5. The van der Waals surface area contributed by atoms with Crippen molar-refractivity contribution in [2.75, 3.05) is 44.3 Å². The number of carbonyl (C=O) groups is 1. The summed E-state index contributed by atoms with van der Waals surface area (Å²) in [5.74, 6) is 0.956. The molecule has 0 bridgehead atoms. The molecule has 0 N–H and O–H groups in total. The number of morpholine rings is 1. The van der Waals surface area contributed by atoms with Crippen LogP contribution in [0, 0.1) is 17.2 Å². The van der Waals surface area contributed by atoms with Crippen LogP contribution in [0.4, 0.5) is 5.82 Å². The molecule has 0 spiro atoms. The Morgan fingerprint density at radius 3 is 2.77 bits per heavy atom. The summed E-state index contributed by atoms with van der Waals surface area (Å²) in [6.07, 6.45) is 4.96. The summed E-state index contributed by atoms with van der Waals surface area (Å²) in [5, 5.41) is 8.77. The highest BCUT2D eigenvalue weighted by atomic mass is 16.5. The van der Waals surface area contributed by atoms with Crippen LogP contribution in [0.5, 0.6) is 0 Å². The van der Waals surface area contributed by atoms with Crippen LogP contribution in [-0.4, -0.2) is 60.2 Å². The highest BCUT2D eigenvalue weighted by Crippen LogP contribution is 2.23. The molecule has 1 atom stereocenters. The van der Waals surface area contributed by atoms with Crippen molar-refractivity contribution in [3.8, 4) is 6.07 Å². The van der Waals surface area contributed by atoms with Crippen LogP contribution in [0.1, 0.15) is 18.5 Å². The van der Waals surface area contributed by atoms with Gasteiger partial charge in [0.1, 0.15) is 11.9 Å². The summed E-state index contributed by atoms with van der Waals surface area (Å²) in [7, 11) is 0. The molecular weight excluding hydrogens is 282 g/mol. The van der Waals surface area contributed by atoms with Gasteiger partial charge in [-0.2, -0.15) is 5.26 Å². The molecule has 0 radical (unpaired) electrons. The first-order valence-electron chi connectivity index (χ1n) is 7.61. The number of amides is 1. The van der Waals surface area contributed by atoms with Crippen molar-refractivity contribution in [2.24, 2.45) is 5.92 Å². The summed E-state index contributed by atoms with van der Waals surface area (Å²) >= 11 is 0. The molecule has 0 saturated carbocycles. The normalized spacial score (nSPS) is 22.2. The van der Waals surface area contributed by atoms with Crippen molar-refractivity contribution in [1.82, 2.24) is 14.9 Å². The molecule has 2 fully saturated rings. The molecule has 116 valence electrons. The number of ether oxygens (including phenoxy) is 1. The Hall–Kier alpha value is -2.20. The van der Waals surface area contributed by atoms with Crippen LogP contribution < -0.4 is 4.90 Å². The fourth-order valence-corrected chi connectivity index (χ4v) is 2.97. The molecule has 2 saturated heterocycles. The van der Waals surface area contributed by atoms with Gasteiger partial charge in [-0.3, -0.25) is 4.79 Å². The summed E-state index contributed by atoms with van der Waals surface area (Å²) in [6.45, 7) is 4.16. The largest absolute Gasteiger partial charge is 0.378 e. The SMILES string of the molecule is N#Cc1cnc(N2CCCC(C(=O)N3CCOCC3)C2)cn1. The second-order valence-corrected chi connectivity index (χ2v) is 5.59. The van der Waals surface area contributed by atoms with Gasteiger partial charge in [-0.25, -0.2) is 9.97 Å². The van der Waals surface area contributed by atoms with Gasteiger partial charge in [0.25, 0.3) is 0 Å². The number of hydrogen-bond donors (Lipinski definition) is 0. The lowest BCUT2D eigenvalue weighted by Gasteiger charge is -2.36. The molecule has 3 heterocycles. The number of aromatic nitrogens is 2. The molecule has 0 aromatic carbocycles. The highest BCUT2D eigenvalue weighted by Gasteiger charge is 2.30. The Morgan fingerprint density at radius 1 is 1.27 bits per heavy atom. The third-order valence-electron chi connectivity index (χ3n) is 4.17. The zero-order chi connectivity index (χ0) is 15.4. The van der Waals surface area contributed by atoms with Crippen molar-refractivity contribution in [2.45, 2.75) is 12.8 Å². The number of rotatable bonds is 2. The van der Waals surface area contributed by atoms with Crippen LogP contribution in [0.2, 0.25) is 0 Å². The molecule has 0 aliphatic carbocycles. The van der Waals surface area contributed by atoms with Gasteiger partial charge in [0.15, 0.2) is 5.69 Å². The molecule has 7 nitrogen and oxygen atoms in total. The average Bonchev–Trinajstić information content (AvgIpc) is 2.62. The van der Waals surface area contributed by atoms with Crippen molar-refractivity contribution < 1.29 is 9.53 Å². The summed E-state index contributed by atoms with van der Waals surface area (Å²) < 4.78 is 5.30. The topological polar surface area (TPSA) is 82.4 Å². The van der Waals surface area contributed by atoms with Gasteiger partial charge in [-0.05, 0) is 12.8 Å². The van der Waals surface area contributed by atoms with Crippen LogP contribution in [-0.2, 0) is 9.53 Å². The first kappa shape index (κ1) is 14.7. The Kier molecular flexibility index (Phi) is 4.49. The van der Waals surface area contributed by atoms with Gasteiger partial charge in [-0.15, -0.1) is 0 Å². The van der Waals surface area contributed by atoms with E-state index in [4.69, 9.17) is 10.00 Å². The Morgan fingerprint density at radius 2 is 2.09 bits per heavy atom. The van der Waals surface area contributed by atoms with E-state index in [0.717, 1.165) is 25.2 Å². The van der Waals surface area contributed by atoms with Crippen molar-refractivity contribution >= 4 is 11.7 Å². The van der Waals surface area contributed by atoms with Crippen LogP contribution in [0.3, 0.4) is 0 Å². The number of carbonyl (C=O) groups excluding carboxylic acids is 1. The van der Waals surface area contributed by atoms with Crippen LogP contribution in [0.15, 0.2) is 12.4 Å². The Labute approximate surface area is 129 Å². The van der Waals surface area contributed by atoms with Crippen LogP contribution in [0.25, 0.3) is 0 Å². The second-order valence-electron chi connectivity index (χ2n) is 5.59. The smallest absolute Gasteiger partial charge is 0.227 e. The molecule has 2 aliphatic heterocycles. The van der Waals surface area contributed by atoms with Gasteiger partial charge in [0, 0.05) is 26.2 Å². The third kappa shape index (κ3) is 3.17. The molecule has 1 unspecified atom stereocenters. The van der Waals surface area contributed by atoms with E-state index < -0.39 is 0 Å². The fraction of sp³-hybridized carbons (Fsp3) is 0.600. The van der Waals surface area contributed by atoms with Crippen molar-refractivity contribution in [1.29, 1.82) is 5.26 Å². The molecule has 7 heteroatoms. The van der Waals surface area contributed by atoms with E-state index >= 15 is 0 Å². The number of hydrogen-bond acceptors (Lipinski definition) is 6. The first-order chi connectivity index (χ1) is 10.8. The van der Waals surface area contributed by atoms with Gasteiger partial charge in [-0.1, -0.05) is 0 Å². The third-order valence-corrected chi connectivity index (χ3v) is 4.17. The Bertz CT molecular complexity index is 562. The minimum absolute atomic E-state index is 0.00398. The number of nitriles is 1. The summed E-state index contributed by atoms with van der Waals surface area (Å²) in [5.41, 5.74) is 0.307. The molecule has 1 aromatic rings. The molecule has 1 aromatic heterocycles. The maximum atomic E-state index is 12.6. The maximum Gasteiger partial charge on any atom is 0.227 e. The zero-order valence-corrected chi connectivity index (χ0v) is 12.4. The lowest BCUT2D eigenvalue weighted by atomic mass is 9.96. The quantitative estimate of drug-likeness (QED) is 0.787. The zero-order valence-electron chi connectivity index (χ0n) is 12.4. The number of piperidine rings is 1. The van der Waals surface area contributed by atoms with Gasteiger partial charge in [0.05, 0.1) is 31.5 Å². The molecule has 3 rings (SSSR count). The summed E-state index contributed by atoms with van der Waals surface area (Å²) in [4.78, 5) is 24.9. The summed E-state index contributed by atoms with van der Waals surface area (Å²) in [6, 6.07) is 1.96. The van der Waals surface area contributed by atoms with E-state index in [1.807, 2.05) is 11.0 Å². The van der Waals surface area contributed by atoms with E-state index in [9.17, 15) is 4.79 Å². The maximum absolute atomic E-state index is 12.6. The van der Waals surface area contributed by atoms with Gasteiger partial charge >= 0.3 is 0 Å². The minimum Gasteiger partial charge on any atom is -0.378 e. The minimum atomic E-state index is 0.00398. The van der Waals surface area contributed by atoms with Gasteiger partial charge in [0.2, 0.25) is 5.91 Å².